The summed E-state index contributed by atoms with van der Waals surface area (Å²) < 4.78 is 12.5. The van der Waals surface area contributed by atoms with Crippen molar-refractivity contribution >= 4 is 45.4 Å². The minimum atomic E-state index is -0.308. The summed E-state index contributed by atoms with van der Waals surface area (Å²) in [6.07, 6.45) is 4.48. The van der Waals surface area contributed by atoms with Gasteiger partial charge in [-0.3, -0.25) is 14.2 Å². The first-order valence-electron chi connectivity index (χ1n) is 12.0. The number of hydrogen-bond acceptors (Lipinski definition) is 8. The first kappa shape index (κ1) is 25.0. The molecule has 0 bridgehead atoms. The SMILES string of the molecule is CCOc1ccc(-n2c(SCC(=O)NN=Cc3ccccc3OC)nc3sc4c(c3c2=O)CCC4)cc1. The summed E-state index contributed by atoms with van der Waals surface area (Å²) in [5.74, 6) is 1.13. The molecule has 10 heteroatoms. The first-order valence-corrected chi connectivity index (χ1v) is 13.8. The zero-order valence-corrected chi connectivity index (χ0v) is 22.2. The molecule has 0 unspecified atom stereocenters. The summed E-state index contributed by atoms with van der Waals surface area (Å²) in [6, 6.07) is 14.7. The molecule has 0 saturated heterocycles. The third kappa shape index (κ3) is 5.26. The summed E-state index contributed by atoms with van der Waals surface area (Å²) in [5.41, 5.74) is 4.99. The van der Waals surface area contributed by atoms with E-state index >= 15 is 0 Å². The third-order valence-electron chi connectivity index (χ3n) is 5.98. The summed E-state index contributed by atoms with van der Waals surface area (Å²) in [7, 11) is 1.58. The number of para-hydroxylation sites is 1. The lowest BCUT2D eigenvalue weighted by atomic mass is 10.2. The van der Waals surface area contributed by atoms with Crippen LogP contribution in [0.5, 0.6) is 11.5 Å². The first-order chi connectivity index (χ1) is 18.1. The molecule has 1 amide bonds. The van der Waals surface area contributed by atoms with Crippen LogP contribution in [0.15, 0.2) is 63.6 Å². The maximum Gasteiger partial charge on any atom is 0.267 e. The minimum absolute atomic E-state index is 0.0450. The molecule has 4 aromatic rings. The summed E-state index contributed by atoms with van der Waals surface area (Å²) in [4.78, 5) is 33.2. The number of thioether (sulfide) groups is 1. The van der Waals surface area contributed by atoms with Gasteiger partial charge in [-0.1, -0.05) is 23.9 Å². The average Bonchev–Trinajstić information content (AvgIpc) is 3.50. The van der Waals surface area contributed by atoms with E-state index in [1.807, 2.05) is 55.5 Å². The Labute approximate surface area is 222 Å². The van der Waals surface area contributed by atoms with Crippen LogP contribution >= 0.6 is 23.1 Å². The Morgan fingerprint density at radius 2 is 2.03 bits per heavy atom. The van der Waals surface area contributed by atoms with Gasteiger partial charge in [0.25, 0.3) is 11.5 Å². The Bertz CT molecular complexity index is 1530. The normalized spacial score (nSPS) is 12.7. The standard InChI is InChI=1S/C27H26N4O4S2/c1-3-35-19-13-11-18(12-14-19)31-26(33)24-20-8-6-10-22(20)37-25(24)29-27(31)36-16-23(32)30-28-15-17-7-4-5-9-21(17)34-2/h4-5,7,9,11-15H,3,6,8,10,16H2,1-2H3,(H,30,32). The number of fused-ring (bicyclic) bond motifs is 3. The molecule has 1 N–H and O–H groups in total. The van der Waals surface area contributed by atoms with E-state index in [0.717, 1.165) is 41.0 Å². The second-order valence-electron chi connectivity index (χ2n) is 8.32. The molecule has 0 radical (unpaired) electrons. The van der Waals surface area contributed by atoms with E-state index in [9.17, 15) is 9.59 Å². The highest BCUT2D eigenvalue weighted by atomic mass is 32.2. The summed E-state index contributed by atoms with van der Waals surface area (Å²) in [5, 5.41) is 5.21. The quantitative estimate of drug-likeness (QED) is 0.146. The average molecular weight is 535 g/mol. The fraction of sp³-hybridized carbons (Fsp3) is 0.259. The van der Waals surface area contributed by atoms with Gasteiger partial charge < -0.3 is 9.47 Å². The molecule has 8 nitrogen and oxygen atoms in total. The van der Waals surface area contributed by atoms with Gasteiger partial charge in [-0.05, 0) is 68.1 Å². The second kappa shape index (κ2) is 11.2. The van der Waals surface area contributed by atoms with E-state index in [1.54, 1.807) is 23.0 Å². The number of ether oxygens (including phenoxy) is 2. The Kier molecular flexibility index (Phi) is 7.57. The highest BCUT2D eigenvalue weighted by Crippen LogP contribution is 2.36. The lowest BCUT2D eigenvalue weighted by Crippen LogP contribution is -2.24. The maximum absolute atomic E-state index is 13.8. The number of methoxy groups -OCH3 is 1. The Hall–Kier alpha value is -3.63. The van der Waals surface area contributed by atoms with Gasteiger partial charge in [0.2, 0.25) is 0 Å². The lowest BCUT2D eigenvalue weighted by molar-refractivity contribution is -0.118. The number of aromatic nitrogens is 2. The van der Waals surface area contributed by atoms with Crippen molar-refractivity contribution in [3.05, 3.63) is 74.9 Å². The maximum atomic E-state index is 13.8. The fourth-order valence-electron chi connectivity index (χ4n) is 4.32. The van der Waals surface area contributed by atoms with Crippen LogP contribution in [0.2, 0.25) is 0 Å². The Morgan fingerprint density at radius 3 is 2.81 bits per heavy atom. The Morgan fingerprint density at radius 1 is 1.22 bits per heavy atom. The van der Waals surface area contributed by atoms with Crippen molar-refractivity contribution in [1.29, 1.82) is 0 Å². The van der Waals surface area contributed by atoms with Gasteiger partial charge in [-0.2, -0.15) is 5.10 Å². The van der Waals surface area contributed by atoms with E-state index in [2.05, 4.69) is 10.5 Å². The molecule has 2 heterocycles. The molecule has 0 fully saturated rings. The van der Waals surface area contributed by atoms with Crippen LogP contribution < -0.4 is 20.5 Å². The highest BCUT2D eigenvalue weighted by Gasteiger charge is 2.24. The van der Waals surface area contributed by atoms with Crippen molar-refractivity contribution < 1.29 is 14.3 Å². The van der Waals surface area contributed by atoms with Crippen molar-refractivity contribution in [1.82, 2.24) is 15.0 Å². The van der Waals surface area contributed by atoms with E-state index in [-0.39, 0.29) is 17.2 Å². The number of hydrogen-bond donors (Lipinski definition) is 1. The minimum Gasteiger partial charge on any atom is -0.496 e. The van der Waals surface area contributed by atoms with Crippen LogP contribution in [0, 0.1) is 0 Å². The van der Waals surface area contributed by atoms with Crippen LogP contribution in [-0.4, -0.2) is 41.1 Å². The number of hydrazone groups is 1. The zero-order chi connectivity index (χ0) is 25.8. The molecule has 1 aliphatic carbocycles. The number of rotatable bonds is 9. The lowest BCUT2D eigenvalue weighted by Gasteiger charge is -2.13. The van der Waals surface area contributed by atoms with Crippen molar-refractivity contribution in [3.8, 4) is 17.2 Å². The topological polar surface area (TPSA) is 94.8 Å². The number of carbonyl (C=O) groups is 1. The van der Waals surface area contributed by atoms with E-state index < -0.39 is 0 Å². The number of nitrogens with one attached hydrogen (secondary N) is 1. The van der Waals surface area contributed by atoms with E-state index in [0.29, 0.717) is 28.6 Å². The number of nitrogens with zero attached hydrogens (tertiary/aromatic N) is 3. The number of aryl methyl sites for hydroxylation is 2. The summed E-state index contributed by atoms with van der Waals surface area (Å²) in [6.45, 7) is 2.48. The zero-order valence-electron chi connectivity index (χ0n) is 20.5. The summed E-state index contributed by atoms with van der Waals surface area (Å²) >= 11 is 2.79. The monoisotopic (exact) mass is 534 g/mol. The molecular formula is C27H26N4O4S2. The van der Waals surface area contributed by atoms with Crippen LogP contribution in [0.25, 0.3) is 15.9 Å². The van der Waals surface area contributed by atoms with Gasteiger partial charge in [-0.15, -0.1) is 11.3 Å². The molecule has 0 aliphatic heterocycles. The van der Waals surface area contributed by atoms with Crippen LogP contribution in [0.3, 0.4) is 0 Å². The molecule has 0 saturated carbocycles. The molecule has 37 heavy (non-hydrogen) atoms. The van der Waals surface area contributed by atoms with Crippen LogP contribution in [0.1, 0.15) is 29.3 Å². The molecule has 0 atom stereocenters. The molecule has 5 rings (SSSR count). The van der Waals surface area contributed by atoms with Gasteiger partial charge in [0.15, 0.2) is 5.16 Å². The van der Waals surface area contributed by atoms with Crippen molar-refractivity contribution in [2.24, 2.45) is 5.10 Å². The van der Waals surface area contributed by atoms with Crippen LogP contribution in [-0.2, 0) is 17.6 Å². The van der Waals surface area contributed by atoms with Gasteiger partial charge in [0.05, 0.1) is 36.8 Å². The van der Waals surface area contributed by atoms with E-state index in [1.165, 1.54) is 22.9 Å². The molecule has 0 spiro atoms. The van der Waals surface area contributed by atoms with Crippen molar-refractivity contribution in [2.75, 3.05) is 19.5 Å². The third-order valence-corrected chi connectivity index (χ3v) is 8.10. The molecular weight excluding hydrogens is 508 g/mol. The number of amides is 1. The predicted molar refractivity (Wildman–Crippen MR) is 148 cm³/mol. The van der Waals surface area contributed by atoms with E-state index in [4.69, 9.17) is 14.5 Å². The van der Waals surface area contributed by atoms with Gasteiger partial charge in [0.1, 0.15) is 16.3 Å². The number of thiophene rings is 1. The predicted octanol–water partition coefficient (Wildman–Crippen LogP) is 4.59. The number of carbonyl (C=O) groups excluding carboxylic acids is 1. The largest absolute Gasteiger partial charge is 0.496 e. The van der Waals surface area contributed by atoms with Gasteiger partial charge in [0, 0.05) is 10.4 Å². The number of benzene rings is 2. The second-order valence-corrected chi connectivity index (χ2v) is 10.3. The molecule has 190 valence electrons. The highest BCUT2D eigenvalue weighted by molar-refractivity contribution is 7.99. The molecule has 2 aromatic heterocycles. The fourth-order valence-corrected chi connectivity index (χ4v) is 6.42. The van der Waals surface area contributed by atoms with Crippen LogP contribution in [0.4, 0.5) is 0 Å². The molecule has 1 aliphatic rings. The Balaban J connectivity index is 1.41. The smallest absolute Gasteiger partial charge is 0.267 e. The molecule has 2 aromatic carbocycles. The van der Waals surface area contributed by atoms with Gasteiger partial charge in [-0.25, -0.2) is 10.4 Å². The van der Waals surface area contributed by atoms with Crippen molar-refractivity contribution in [3.63, 3.8) is 0 Å². The van der Waals surface area contributed by atoms with Crippen molar-refractivity contribution in [2.45, 2.75) is 31.3 Å². The van der Waals surface area contributed by atoms with Gasteiger partial charge >= 0.3 is 0 Å².